The maximum atomic E-state index is 13.5. The molecule has 1 aliphatic carbocycles. The summed E-state index contributed by atoms with van der Waals surface area (Å²) in [5.74, 6) is 0.558. The topological polar surface area (TPSA) is 80.8 Å². The number of hydrogen-bond donors (Lipinski definition) is 0. The molecule has 0 spiro atoms. The van der Waals surface area contributed by atoms with Gasteiger partial charge >= 0.3 is 0 Å². The number of aryl methyl sites for hydroxylation is 1. The van der Waals surface area contributed by atoms with Crippen LogP contribution in [0.15, 0.2) is 53.4 Å². The highest BCUT2D eigenvalue weighted by Gasteiger charge is 2.28. The molecule has 0 fully saturated rings. The molecule has 0 bridgehead atoms. The van der Waals surface area contributed by atoms with E-state index in [1.807, 2.05) is 24.3 Å². The van der Waals surface area contributed by atoms with Crippen LogP contribution in [0.4, 0.5) is 0 Å². The molecule has 4 rings (SSSR count). The van der Waals surface area contributed by atoms with Gasteiger partial charge in [0.2, 0.25) is 10.0 Å². The maximum absolute atomic E-state index is 13.5. The van der Waals surface area contributed by atoms with Crippen molar-refractivity contribution >= 4 is 32.9 Å². The van der Waals surface area contributed by atoms with Gasteiger partial charge in [-0.15, -0.1) is 11.3 Å². The Balaban J connectivity index is 1.62. The Kier molecular flexibility index (Phi) is 8.31. The number of carbonyl (C=O) groups excluding carboxylic acids is 2. The van der Waals surface area contributed by atoms with Crippen LogP contribution in [0.1, 0.15) is 68.3 Å². The van der Waals surface area contributed by atoms with Crippen molar-refractivity contribution in [2.24, 2.45) is 0 Å². The molecule has 1 aliphatic rings. The van der Waals surface area contributed by atoms with Crippen molar-refractivity contribution < 1.29 is 22.7 Å². The summed E-state index contributed by atoms with van der Waals surface area (Å²) < 4.78 is 32.4. The number of hydrogen-bond acceptors (Lipinski definition) is 6. The lowest BCUT2D eigenvalue weighted by Crippen LogP contribution is -2.33. The fourth-order valence-corrected chi connectivity index (χ4v) is 7.44. The molecule has 0 amide bonds. The quantitative estimate of drug-likeness (QED) is 0.317. The van der Waals surface area contributed by atoms with E-state index in [1.165, 1.54) is 28.4 Å². The normalized spacial score (nSPS) is 13.6. The summed E-state index contributed by atoms with van der Waals surface area (Å²) in [5.41, 5.74) is 3.00. The van der Waals surface area contributed by atoms with Crippen LogP contribution in [0.25, 0.3) is 0 Å². The predicted molar refractivity (Wildman–Crippen MR) is 147 cm³/mol. The molecule has 1 heterocycles. The Morgan fingerprint density at radius 2 is 1.70 bits per heavy atom. The summed E-state index contributed by atoms with van der Waals surface area (Å²) in [4.78, 5) is 29.0. The molecule has 0 aliphatic heterocycles. The van der Waals surface area contributed by atoms with Crippen LogP contribution in [-0.4, -0.2) is 44.5 Å². The first-order chi connectivity index (χ1) is 17.6. The van der Waals surface area contributed by atoms with Gasteiger partial charge in [0.05, 0.1) is 12.0 Å². The number of methoxy groups -OCH3 is 1. The predicted octanol–water partition coefficient (Wildman–Crippen LogP) is 5.52. The van der Waals surface area contributed by atoms with E-state index in [-0.39, 0.29) is 35.3 Å². The maximum Gasteiger partial charge on any atom is 0.243 e. The number of rotatable bonds is 10. The summed E-state index contributed by atoms with van der Waals surface area (Å²) in [6.07, 6.45) is 4.21. The minimum absolute atomic E-state index is 0.0160. The van der Waals surface area contributed by atoms with E-state index in [9.17, 15) is 18.0 Å². The fourth-order valence-electron chi connectivity index (χ4n) is 4.61. The number of fused-ring (bicyclic) bond motifs is 1. The minimum Gasteiger partial charge on any atom is -0.497 e. The van der Waals surface area contributed by atoms with Crippen LogP contribution in [-0.2, 0) is 35.7 Å². The lowest BCUT2D eigenvalue weighted by atomic mass is 9.90. The van der Waals surface area contributed by atoms with Crippen LogP contribution in [0, 0.1) is 0 Å². The first-order valence-corrected chi connectivity index (χ1v) is 14.8. The highest BCUT2D eigenvalue weighted by Crippen LogP contribution is 2.36. The molecule has 0 saturated heterocycles. The molecule has 2 aromatic carbocycles. The number of Topliss-reactive ketones (excluding diaryl/α,β-unsaturated/α-hetero) is 2. The Bertz CT molecular complexity index is 1400. The standard InChI is InChI=1S/C29H33NO5S2/c1-19(2)30(3)37(33,34)23-9-7-8-21(17-23)25(31)18-28-29(24-10-5-6-11-27(24)36-28)26(32)16-20-12-14-22(35-4)15-13-20/h7-9,12-15,17,19H,5-6,10-11,16,18H2,1-4H3. The summed E-state index contributed by atoms with van der Waals surface area (Å²) in [6.45, 7) is 3.60. The molecule has 0 unspecified atom stereocenters. The Hall–Kier alpha value is -2.81. The lowest BCUT2D eigenvalue weighted by molar-refractivity contribution is 0.0989. The number of sulfonamides is 1. The van der Waals surface area contributed by atoms with Crippen molar-refractivity contribution in [2.45, 2.75) is 63.3 Å². The number of thiophene rings is 1. The van der Waals surface area contributed by atoms with Crippen molar-refractivity contribution in [3.8, 4) is 5.75 Å². The van der Waals surface area contributed by atoms with E-state index in [2.05, 4.69) is 0 Å². The Morgan fingerprint density at radius 3 is 2.38 bits per heavy atom. The van der Waals surface area contributed by atoms with Crippen LogP contribution in [0.3, 0.4) is 0 Å². The lowest BCUT2D eigenvalue weighted by Gasteiger charge is -2.21. The van der Waals surface area contributed by atoms with Crippen molar-refractivity contribution in [3.63, 3.8) is 0 Å². The van der Waals surface area contributed by atoms with Gasteiger partial charge in [0.15, 0.2) is 11.6 Å². The highest BCUT2D eigenvalue weighted by atomic mass is 32.2. The summed E-state index contributed by atoms with van der Waals surface area (Å²) in [5, 5.41) is 0. The van der Waals surface area contributed by atoms with E-state index in [0.29, 0.717) is 11.1 Å². The van der Waals surface area contributed by atoms with Gasteiger partial charge in [0.1, 0.15) is 5.75 Å². The number of nitrogens with zero attached hydrogens (tertiary/aromatic N) is 1. The molecule has 0 radical (unpaired) electrons. The molecule has 3 aromatic rings. The van der Waals surface area contributed by atoms with Gasteiger partial charge in [-0.25, -0.2) is 8.42 Å². The van der Waals surface area contributed by atoms with Gasteiger partial charge in [-0.1, -0.05) is 24.3 Å². The van der Waals surface area contributed by atoms with E-state index < -0.39 is 10.0 Å². The number of carbonyl (C=O) groups is 2. The SMILES string of the molecule is COc1ccc(CC(=O)c2c(CC(=O)c3cccc(S(=O)(=O)N(C)C(C)C)c3)sc3c2CCCC3)cc1. The third kappa shape index (κ3) is 5.87. The number of benzene rings is 2. The monoisotopic (exact) mass is 539 g/mol. The van der Waals surface area contributed by atoms with E-state index >= 15 is 0 Å². The molecule has 0 N–H and O–H groups in total. The molecule has 196 valence electrons. The van der Waals surface area contributed by atoms with Crippen molar-refractivity contribution in [1.29, 1.82) is 0 Å². The zero-order chi connectivity index (χ0) is 26.7. The molecular weight excluding hydrogens is 506 g/mol. The summed E-state index contributed by atoms with van der Waals surface area (Å²) in [6, 6.07) is 13.5. The molecule has 37 heavy (non-hydrogen) atoms. The van der Waals surface area contributed by atoms with Crippen LogP contribution in [0.2, 0.25) is 0 Å². The Morgan fingerprint density at radius 1 is 1.00 bits per heavy atom. The van der Waals surface area contributed by atoms with Gasteiger partial charge in [0.25, 0.3) is 0 Å². The molecule has 0 atom stereocenters. The first kappa shape index (κ1) is 27.2. The zero-order valence-corrected chi connectivity index (χ0v) is 23.4. The van der Waals surface area contributed by atoms with Gasteiger partial charge < -0.3 is 4.74 Å². The second-order valence-corrected chi connectivity index (χ2v) is 12.9. The molecule has 0 saturated carbocycles. The Labute approximate surface area is 223 Å². The third-order valence-corrected chi connectivity index (χ3v) is 10.2. The largest absolute Gasteiger partial charge is 0.497 e. The van der Waals surface area contributed by atoms with Gasteiger partial charge in [-0.3, -0.25) is 9.59 Å². The summed E-state index contributed by atoms with van der Waals surface area (Å²) in [7, 11) is -0.571. The van der Waals surface area contributed by atoms with E-state index in [0.717, 1.165) is 47.4 Å². The average Bonchev–Trinajstić information content (AvgIpc) is 3.26. The number of ketones is 2. The average molecular weight is 540 g/mol. The summed E-state index contributed by atoms with van der Waals surface area (Å²) >= 11 is 1.56. The molecule has 6 nitrogen and oxygen atoms in total. The first-order valence-electron chi connectivity index (χ1n) is 12.5. The second kappa shape index (κ2) is 11.3. The van der Waals surface area contributed by atoms with Gasteiger partial charge in [-0.2, -0.15) is 4.31 Å². The van der Waals surface area contributed by atoms with Crippen molar-refractivity contribution in [2.75, 3.05) is 14.2 Å². The smallest absolute Gasteiger partial charge is 0.243 e. The second-order valence-electron chi connectivity index (χ2n) is 9.70. The van der Waals surface area contributed by atoms with Gasteiger partial charge in [-0.05, 0) is 74.9 Å². The van der Waals surface area contributed by atoms with Crippen molar-refractivity contribution in [1.82, 2.24) is 4.31 Å². The zero-order valence-electron chi connectivity index (χ0n) is 21.7. The molecular formula is C29H33NO5S2. The minimum atomic E-state index is -3.71. The fraction of sp³-hybridized carbons (Fsp3) is 0.379. The van der Waals surface area contributed by atoms with E-state index in [4.69, 9.17) is 4.74 Å². The van der Waals surface area contributed by atoms with Crippen LogP contribution < -0.4 is 4.74 Å². The van der Waals surface area contributed by atoms with Crippen LogP contribution >= 0.6 is 11.3 Å². The van der Waals surface area contributed by atoms with Gasteiger partial charge in [0, 0.05) is 46.8 Å². The molecule has 8 heteroatoms. The highest BCUT2D eigenvalue weighted by molar-refractivity contribution is 7.89. The van der Waals surface area contributed by atoms with Crippen LogP contribution in [0.5, 0.6) is 5.75 Å². The van der Waals surface area contributed by atoms with E-state index in [1.54, 1.807) is 44.4 Å². The van der Waals surface area contributed by atoms with Crippen molar-refractivity contribution in [3.05, 3.63) is 80.5 Å². The number of ether oxygens (including phenoxy) is 1. The molecule has 1 aromatic heterocycles. The third-order valence-electron chi connectivity index (χ3n) is 6.93.